The molecule has 4 heteroatoms. The van der Waals surface area contributed by atoms with E-state index in [-0.39, 0.29) is 6.10 Å². The molecule has 0 aliphatic rings. The lowest BCUT2D eigenvalue weighted by atomic mass is 10.2. The van der Waals surface area contributed by atoms with Gasteiger partial charge in [0.2, 0.25) is 0 Å². The molecule has 0 aliphatic carbocycles. The van der Waals surface area contributed by atoms with Crippen LogP contribution in [0.15, 0.2) is 48.5 Å². The first-order chi connectivity index (χ1) is 11.7. The number of benzene rings is 2. The van der Waals surface area contributed by atoms with Crippen LogP contribution in [-0.4, -0.2) is 25.9 Å². The van der Waals surface area contributed by atoms with E-state index in [1.807, 2.05) is 57.2 Å². The molecule has 0 atom stereocenters. The number of hydrogen-bond donors (Lipinski definition) is 1. The molecule has 0 amide bonds. The van der Waals surface area contributed by atoms with Gasteiger partial charge in [0.05, 0.1) is 18.4 Å². The first-order valence-electron chi connectivity index (χ1n) is 8.48. The molecule has 1 N–H and O–H groups in total. The number of nitrogens with one attached hydrogen (secondary N) is 1. The normalized spacial score (nSPS) is 10.7. The average Bonchev–Trinajstić information content (AvgIpc) is 2.57. The van der Waals surface area contributed by atoms with Gasteiger partial charge in [-0.1, -0.05) is 24.3 Å². The van der Waals surface area contributed by atoms with Crippen LogP contribution in [0.5, 0.6) is 11.5 Å². The van der Waals surface area contributed by atoms with E-state index in [0.717, 1.165) is 22.7 Å². The molecule has 130 valence electrons. The van der Waals surface area contributed by atoms with Crippen LogP contribution in [0.25, 0.3) is 0 Å². The Morgan fingerprint density at radius 3 is 2.62 bits per heavy atom. The molecule has 0 fully saturated rings. The van der Waals surface area contributed by atoms with Crippen molar-refractivity contribution in [1.82, 2.24) is 0 Å². The maximum absolute atomic E-state index is 5.79. The molecule has 4 nitrogen and oxygen atoms in total. The van der Waals surface area contributed by atoms with Crippen molar-refractivity contribution in [3.8, 4) is 11.5 Å². The summed E-state index contributed by atoms with van der Waals surface area (Å²) in [6.07, 6.45) is 0.174. The van der Waals surface area contributed by atoms with Crippen LogP contribution in [0.1, 0.15) is 26.3 Å². The molecule has 0 spiro atoms. The van der Waals surface area contributed by atoms with E-state index in [4.69, 9.17) is 14.2 Å². The Labute approximate surface area is 144 Å². The van der Waals surface area contributed by atoms with E-state index in [9.17, 15) is 0 Å². The fourth-order valence-corrected chi connectivity index (χ4v) is 2.29. The first-order valence-corrected chi connectivity index (χ1v) is 8.48. The van der Waals surface area contributed by atoms with Crippen molar-refractivity contribution >= 4 is 5.69 Å². The number of anilines is 1. The molecule has 2 aromatic carbocycles. The van der Waals surface area contributed by atoms with Crippen LogP contribution < -0.4 is 14.8 Å². The van der Waals surface area contributed by atoms with Crippen molar-refractivity contribution in [2.24, 2.45) is 0 Å². The van der Waals surface area contributed by atoms with Crippen molar-refractivity contribution in [3.05, 3.63) is 54.1 Å². The Bertz CT molecular complexity index is 613. The van der Waals surface area contributed by atoms with Gasteiger partial charge in [-0.3, -0.25) is 0 Å². The van der Waals surface area contributed by atoms with Gasteiger partial charge >= 0.3 is 0 Å². The van der Waals surface area contributed by atoms with Crippen molar-refractivity contribution in [2.45, 2.75) is 33.4 Å². The van der Waals surface area contributed by atoms with Gasteiger partial charge in [-0.15, -0.1) is 0 Å². The van der Waals surface area contributed by atoms with E-state index < -0.39 is 0 Å². The Morgan fingerprint density at radius 2 is 1.83 bits per heavy atom. The third-order valence-corrected chi connectivity index (χ3v) is 3.33. The van der Waals surface area contributed by atoms with Crippen LogP contribution in [0.4, 0.5) is 5.69 Å². The third kappa shape index (κ3) is 6.13. The zero-order chi connectivity index (χ0) is 17.2. The summed E-state index contributed by atoms with van der Waals surface area (Å²) in [6, 6.07) is 16.1. The summed E-state index contributed by atoms with van der Waals surface area (Å²) in [5.74, 6) is 1.73. The lowest BCUT2D eigenvalue weighted by Crippen LogP contribution is -2.09. The van der Waals surface area contributed by atoms with Gasteiger partial charge in [0.25, 0.3) is 0 Å². The Balaban J connectivity index is 1.94. The van der Waals surface area contributed by atoms with Crippen LogP contribution >= 0.6 is 0 Å². The maximum Gasteiger partial charge on any atom is 0.142 e. The van der Waals surface area contributed by atoms with Crippen molar-refractivity contribution < 1.29 is 14.2 Å². The summed E-state index contributed by atoms with van der Waals surface area (Å²) in [6.45, 7) is 8.59. The van der Waals surface area contributed by atoms with Gasteiger partial charge in [0.15, 0.2) is 0 Å². The molecule has 0 saturated carbocycles. The van der Waals surface area contributed by atoms with E-state index in [1.165, 1.54) is 0 Å². The minimum absolute atomic E-state index is 0.174. The molecule has 24 heavy (non-hydrogen) atoms. The highest BCUT2D eigenvalue weighted by atomic mass is 16.5. The smallest absolute Gasteiger partial charge is 0.142 e. The number of ether oxygens (including phenoxy) is 3. The topological polar surface area (TPSA) is 39.7 Å². The SMILES string of the molecule is CCOCCOc1ccccc1NCc1cccc(OC(C)C)c1. The lowest BCUT2D eigenvalue weighted by Gasteiger charge is -2.14. The summed E-state index contributed by atoms with van der Waals surface area (Å²) in [5.41, 5.74) is 2.14. The van der Waals surface area contributed by atoms with E-state index >= 15 is 0 Å². The predicted octanol–water partition coefficient (Wildman–Crippen LogP) is 4.50. The Morgan fingerprint density at radius 1 is 1.00 bits per heavy atom. The zero-order valence-electron chi connectivity index (χ0n) is 14.7. The third-order valence-electron chi connectivity index (χ3n) is 3.33. The average molecular weight is 329 g/mol. The second-order valence-corrected chi connectivity index (χ2v) is 5.71. The molecule has 0 radical (unpaired) electrons. The summed E-state index contributed by atoms with van der Waals surface area (Å²) in [7, 11) is 0. The molecule has 2 aromatic rings. The molecule has 2 rings (SSSR count). The van der Waals surface area contributed by atoms with Gasteiger partial charge in [0, 0.05) is 13.2 Å². The number of hydrogen-bond acceptors (Lipinski definition) is 4. The highest BCUT2D eigenvalue weighted by Crippen LogP contribution is 2.25. The van der Waals surface area contributed by atoms with Crippen LogP contribution in [0.3, 0.4) is 0 Å². The Hall–Kier alpha value is -2.20. The highest BCUT2D eigenvalue weighted by Gasteiger charge is 2.04. The number of para-hydroxylation sites is 2. The maximum atomic E-state index is 5.79. The van der Waals surface area contributed by atoms with E-state index in [2.05, 4.69) is 17.4 Å². The molecule has 0 heterocycles. The molecule has 0 aromatic heterocycles. The summed E-state index contributed by atoms with van der Waals surface area (Å²) in [5, 5.41) is 3.43. The zero-order valence-corrected chi connectivity index (χ0v) is 14.7. The lowest BCUT2D eigenvalue weighted by molar-refractivity contribution is 0.110. The second kappa shape index (κ2) is 9.83. The summed E-state index contributed by atoms with van der Waals surface area (Å²) < 4.78 is 16.8. The fraction of sp³-hybridized carbons (Fsp3) is 0.400. The van der Waals surface area contributed by atoms with Crippen molar-refractivity contribution in [2.75, 3.05) is 25.1 Å². The molecular weight excluding hydrogens is 302 g/mol. The van der Waals surface area contributed by atoms with Gasteiger partial charge < -0.3 is 19.5 Å². The van der Waals surface area contributed by atoms with E-state index in [0.29, 0.717) is 26.4 Å². The standard InChI is InChI=1S/C20H27NO3/c1-4-22-12-13-23-20-11-6-5-10-19(20)21-15-17-8-7-9-18(14-17)24-16(2)3/h5-11,14,16,21H,4,12-13,15H2,1-3H3. The predicted molar refractivity (Wildman–Crippen MR) is 98.0 cm³/mol. The Kier molecular flexibility index (Phi) is 7.43. The van der Waals surface area contributed by atoms with Crippen LogP contribution in [-0.2, 0) is 11.3 Å². The van der Waals surface area contributed by atoms with E-state index in [1.54, 1.807) is 0 Å². The molecular formula is C20H27NO3. The minimum atomic E-state index is 0.174. The fourth-order valence-electron chi connectivity index (χ4n) is 2.29. The summed E-state index contributed by atoms with van der Waals surface area (Å²) in [4.78, 5) is 0. The quantitative estimate of drug-likeness (QED) is 0.651. The van der Waals surface area contributed by atoms with Gasteiger partial charge in [0.1, 0.15) is 18.1 Å². The number of rotatable bonds is 10. The largest absolute Gasteiger partial charge is 0.491 e. The van der Waals surface area contributed by atoms with Crippen LogP contribution in [0, 0.1) is 0 Å². The molecule has 0 aliphatic heterocycles. The van der Waals surface area contributed by atoms with Gasteiger partial charge in [-0.2, -0.15) is 0 Å². The van der Waals surface area contributed by atoms with Crippen LogP contribution in [0.2, 0.25) is 0 Å². The first kappa shape index (κ1) is 18.1. The highest BCUT2D eigenvalue weighted by molar-refractivity contribution is 5.56. The molecule has 0 unspecified atom stereocenters. The van der Waals surface area contributed by atoms with Crippen molar-refractivity contribution in [3.63, 3.8) is 0 Å². The van der Waals surface area contributed by atoms with Gasteiger partial charge in [-0.05, 0) is 50.6 Å². The molecule has 0 saturated heterocycles. The van der Waals surface area contributed by atoms with Gasteiger partial charge in [-0.25, -0.2) is 0 Å². The monoisotopic (exact) mass is 329 g/mol. The van der Waals surface area contributed by atoms with Crippen molar-refractivity contribution in [1.29, 1.82) is 0 Å². The summed E-state index contributed by atoms with van der Waals surface area (Å²) >= 11 is 0. The second-order valence-electron chi connectivity index (χ2n) is 5.71. The minimum Gasteiger partial charge on any atom is -0.491 e. The molecule has 0 bridgehead atoms.